The second-order valence-electron chi connectivity index (χ2n) is 15.9. The molecule has 0 bridgehead atoms. The molecule has 0 aromatic carbocycles. The number of rotatable bonds is 2. The maximum atomic E-state index is 13.7. The highest BCUT2D eigenvalue weighted by atomic mass is 16.5. The van der Waals surface area contributed by atoms with E-state index in [1.165, 1.54) is 26.2 Å². The molecule has 204 valence electrons. The van der Waals surface area contributed by atoms with E-state index >= 15 is 0 Å². The van der Waals surface area contributed by atoms with Crippen molar-refractivity contribution in [1.82, 2.24) is 0 Å². The van der Waals surface area contributed by atoms with Crippen molar-refractivity contribution in [3.63, 3.8) is 0 Å². The second kappa shape index (κ2) is 7.98. The number of hydrogen-bond donors (Lipinski definition) is 1. The van der Waals surface area contributed by atoms with Crippen LogP contribution in [0.4, 0.5) is 0 Å². The fourth-order valence-electron chi connectivity index (χ4n) is 11.8. The molecule has 0 aliphatic heterocycles. The van der Waals surface area contributed by atoms with Crippen molar-refractivity contribution in [1.29, 1.82) is 0 Å². The molecular formula is C32H52O4. The van der Waals surface area contributed by atoms with E-state index in [1.54, 1.807) is 0 Å². The lowest BCUT2D eigenvalue weighted by Gasteiger charge is -2.74. The largest absolute Gasteiger partial charge is 0.481 e. The van der Waals surface area contributed by atoms with Gasteiger partial charge in [0.05, 0.1) is 5.41 Å². The summed E-state index contributed by atoms with van der Waals surface area (Å²) in [6.45, 7) is 18.5. The molecule has 10 atom stereocenters. The summed E-state index contributed by atoms with van der Waals surface area (Å²) in [5.74, 6) is 0.828. The number of hydrogen-bond acceptors (Lipinski definition) is 3. The van der Waals surface area contributed by atoms with Gasteiger partial charge in [-0.15, -0.1) is 0 Å². The van der Waals surface area contributed by atoms with Gasteiger partial charge in [-0.25, -0.2) is 0 Å². The highest BCUT2D eigenvalue weighted by Crippen LogP contribution is 2.78. The summed E-state index contributed by atoms with van der Waals surface area (Å²) in [6.07, 6.45) is 11.8. The number of carboxylic acids is 1. The van der Waals surface area contributed by atoms with Gasteiger partial charge >= 0.3 is 11.9 Å². The molecule has 4 heteroatoms. The summed E-state index contributed by atoms with van der Waals surface area (Å²) in [4.78, 5) is 25.5. The molecule has 0 aromatic heterocycles. The first-order valence-corrected chi connectivity index (χ1v) is 15.0. The van der Waals surface area contributed by atoms with Gasteiger partial charge in [0, 0.05) is 6.92 Å². The minimum absolute atomic E-state index is 0.00829. The molecule has 0 heterocycles. The maximum absolute atomic E-state index is 13.7. The molecule has 0 radical (unpaired) electrons. The zero-order chi connectivity index (χ0) is 26.5. The highest BCUT2D eigenvalue weighted by molar-refractivity contribution is 5.77. The van der Waals surface area contributed by atoms with Crippen molar-refractivity contribution in [3.05, 3.63) is 0 Å². The lowest BCUT2D eigenvalue weighted by molar-refractivity contribution is -0.268. The zero-order valence-corrected chi connectivity index (χ0v) is 24.3. The van der Waals surface area contributed by atoms with E-state index in [4.69, 9.17) is 4.74 Å². The van der Waals surface area contributed by atoms with Gasteiger partial charge in [0.2, 0.25) is 0 Å². The topological polar surface area (TPSA) is 63.6 Å². The standard InChI is InChI=1S/C32H52O4/c1-20-22(36-21(2)33)9-10-23-29(20,6)12-11-24-30(23,7)16-17-31(8)25-19-27(3,4)13-14-28(25,5)15-18-32(24,31)26(34)35/h20,22-25H,9-19H2,1-8H3,(H,34,35)/t20-,22+,23+,24-,25+,28+,29+,30-,31-,32+/m0/s1. The lowest BCUT2D eigenvalue weighted by Crippen LogP contribution is -2.70. The van der Waals surface area contributed by atoms with Gasteiger partial charge in [0.15, 0.2) is 0 Å². The third kappa shape index (κ3) is 3.30. The fourth-order valence-corrected chi connectivity index (χ4v) is 11.8. The quantitative estimate of drug-likeness (QED) is 0.392. The summed E-state index contributed by atoms with van der Waals surface area (Å²) >= 11 is 0. The first-order chi connectivity index (χ1) is 16.6. The summed E-state index contributed by atoms with van der Waals surface area (Å²) in [5, 5.41) is 11.2. The van der Waals surface area contributed by atoms with E-state index in [1.807, 2.05) is 0 Å². The molecule has 36 heavy (non-hydrogen) atoms. The molecule has 4 nitrogen and oxygen atoms in total. The van der Waals surface area contributed by atoms with Gasteiger partial charge in [-0.2, -0.15) is 0 Å². The predicted molar refractivity (Wildman–Crippen MR) is 142 cm³/mol. The Morgan fingerprint density at radius 3 is 2.06 bits per heavy atom. The van der Waals surface area contributed by atoms with Crippen LogP contribution in [-0.2, 0) is 14.3 Å². The maximum Gasteiger partial charge on any atom is 0.310 e. The number of carboxylic acid groups (broad SMARTS) is 1. The van der Waals surface area contributed by atoms with Crippen molar-refractivity contribution in [2.24, 2.45) is 56.2 Å². The zero-order valence-electron chi connectivity index (χ0n) is 24.3. The summed E-state index contributed by atoms with van der Waals surface area (Å²) in [7, 11) is 0. The third-order valence-electron chi connectivity index (χ3n) is 14.0. The van der Waals surface area contributed by atoms with E-state index in [9.17, 15) is 14.7 Å². The smallest absolute Gasteiger partial charge is 0.310 e. The van der Waals surface area contributed by atoms with Crippen molar-refractivity contribution in [2.75, 3.05) is 0 Å². The second-order valence-corrected chi connectivity index (χ2v) is 15.9. The Labute approximate surface area is 219 Å². The Morgan fingerprint density at radius 1 is 0.750 bits per heavy atom. The lowest BCUT2D eigenvalue weighted by atomic mass is 9.29. The molecule has 0 saturated heterocycles. The van der Waals surface area contributed by atoms with Crippen molar-refractivity contribution in [3.8, 4) is 0 Å². The molecule has 0 unspecified atom stereocenters. The number of aliphatic carboxylic acids is 1. The molecule has 5 fully saturated rings. The Hall–Kier alpha value is -1.06. The molecule has 0 spiro atoms. The minimum atomic E-state index is -0.630. The molecule has 5 aliphatic rings. The average Bonchev–Trinajstić information content (AvgIpc) is 2.77. The molecule has 5 saturated carbocycles. The predicted octanol–water partition coefficient (Wildman–Crippen LogP) is 7.88. The van der Waals surface area contributed by atoms with Crippen LogP contribution in [0.15, 0.2) is 0 Å². The van der Waals surface area contributed by atoms with Crippen molar-refractivity contribution >= 4 is 11.9 Å². The van der Waals surface area contributed by atoms with Gasteiger partial charge < -0.3 is 9.84 Å². The van der Waals surface area contributed by atoms with E-state index < -0.39 is 11.4 Å². The number of carbonyl (C=O) groups is 2. The van der Waals surface area contributed by atoms with Crippen LogP contribution in [0.3, 0.4) is 0 Å². The van der Waals surface area contributed by atoms with Crippen molar-refractivity contribution < 1.29 is 19.4 Å². The molecule has 5 aliphatic carbocycles. The molecule has 0 aromatic rings. The molecule has 5 rings (SSSR count). The fraction of sp³-hybridized carbons (Fsp3) is 0.938. The number of ether oxygens (including phenoxy) is 1. The van der Waals surface area contributed by atoms with Crippen LogP contribution >= 0.6 is 0 Å². The van der Waals surface area contributed by atoms with Gasteiger partial charge in [-0.1, -0.05) is 48.5 Å². The van der Waals surface area contributed by atoms with Gasteiger partial charge in [-0.05, 0) is 121 Å². The Kier molecular flexibility index (Phi) is 5.88. The average molecular weight is 501 g/mol. The highest BCUT2D eigenvalue weighted by Gasteiger charge is 2.75. The Morgan fingerprint density at radius 2 is 1.42 bits per heavy atom. The van der Waals surface area contributed by atoms with E-state index in [-0.39, 0.29) is 39.7 Å². The van der Waals surface area contributed by atoms with Crippen LogP contribution in [0, 0.1) is 56.2 Å². The number of carbonyl (C=O) groups excluding carboxylic acids is 1. The van der Waals surface area contributed by atoms with Gasteiger partial charge in [0.25, 0.3) is 0 Å². The van der Waals surface area contributed by atoms with E-state index in [0.717, 1.165) is 51.4 Å². The minimum Gasteiger partial charge on any atom is -0.481 e. The van der Waals surface area contributed by atoms with Crippen LogP contribution in [0.2, 0.25) is 0 Å². The molecule has 0 amide bonds. The van der Waals surface area contributed by atoms with Crippen LogP contribution < -0.4 is 0 Å². The summed E-state index contributed by atoms with van der Waals surface area (Å²) < 4.78 is 5.80. The summed E-state index contributed by atoms with van der Waals surface area (Å²) in [5.41, 5.74) is -0.0931. The number of esters is 1. The van der Waals surface area contributed by atoms with Crippen LogP contribution in [-0.4, -0.2) is 23.1 Å². The van der Waals surface area contributed by atoms with Crippen LogP contribution in [0.25, 0.3) is 0 Å². The molecular weight excluding hydrogens is 448 g/mol. The first kappa shape index (κ1) is 26.5. The first-order valence-electron chi connectivity index (χ1n) is 15.0. The Balaban J connectivity index is 1.56. The van der Waals surface area contributed by atoms with Crippen LogP contribution in [0.1, 0.15) is 126 Å². The van der Waals surface area contributed by atoms with Gasteiger partial charge in [-0.3, -0.25) is 9.59 Å². The summed E-state index contributed by atoms with van der Waals surface area (Å²) in [6, 6.07) is 0. The van der Waals surface area contributed by atoms with Gasteiger partial charge in [0.1, 0.15) is 6.10 Å². The van der Waals surface area contributed by atoms with Crippen molar-refractivity contribution in [2.45, 2.75) is 132 Å². The SMILES string of the molecule is CC(=O)O[C@@H]1CC[C@@H]2[C@](C)(CC[C@H]3[C@@]2(C)CC[C@@]2(C)[C@@H]4CC(C)(C)CC[C@]4(C)CC[C@]32C(=O)O)[C@H]1C. The third-order valence-corrected chi connectivity index (χ3v) is 14.0. The van der Waals surface area contributed by atoms with Crippen LogP contribution in [0.5, 0.6) is 0 Å². The Bertz CT molecular complexity index is 940. The monoisotopic (exact) mass is 500 g/mol. The van der Waals surface area contributed by atoms with E-state index in [0.29, 0.717) is 23.2 Å². The number of fused-ring (bicyclic) bond motifs is 7. The van der Waals surface area contributed by atoms with E-state index in [2.05, 4.69) is 48.5 Å². The normalized spacial score (nSPS) is 53.7. The molecule has 1 N–H and O–H groups in total.